The maximum atomic E-state index is 14.2. The van der Waals surface area contributed by atoms with E-state index in [1.807, 2.05) is 12.1 Å². The fourth-order valence-electron chi connectivity index (χ4n) is 5.85. The number of hydrogen-bond donors (Lipinski definition) is 1. The van der Waals surface area contributed by atoms with E-state index in [9.17, 15) is 9.18 Å². The van der Waals surface area contributed by atoms with Crippen LogP contribution in [-0.2, 0) is 4.74 Å². The Kier molecular flexibility index (Phi) is 6.94. The quantitative estimate of drug-likeness (QED) is 0.594. The van der Waals surface area contributed by atoms with Gasteiger partial charge in [0.25, 0.3) is 0 Å². The molecule has 0 spiro atoms. The Balaban J connectivity index is 1.29. The Morgan fingerprint density at radius 3 is 2.73 bits per heavy atom. The minimum Gasteiger partial charge on any atom is -0.381 e. The zero-order valence-electron chi connectivity index (χ0n) is 18.7. The first kappa shape index (κ1) is 22.0. The number of rotatable bonds is 7. The van der Waals surface area contributed by atoms with E-state index in [0.29, 0.717) is 30.2 Å². The van der Waals surface area contributed by atoms with Crippen molar-refractivity contribution in [1.82, 2.24) is 5.32 Å². The molecule has 2 aliphatic carbocycles. The van der Waals surface area contributed by atoms with Gasteiger partial charge in [-0.3, -0.25) is 4.79 Å². The summed E-state index contributed by atoms with van der Waals surface area (Å²) >= 11 is 0. The zero-order chi connectivity index (χ0) is 21.1. The third kappa shape index (κ3) is 5.13. The summed E-state index contributed by atoms with van der Waals surface area (Å²) in [6.45, 7) is 7.51. The lowest BCUT2D eigenvalue weighted by Gasteiger charge is -2.30. The number of benzene rings is 1. The highest BCUT2D eigenvalue weighted by Crippen LogP contribution is 2.61. The molecule has 5 unspecified atom stereocenters. The molecule has 6 atom stereocenters. The van der Waals surface area contributed by atoms with Gasteiger partial charge in [-0.2, -0.15) is 0 Å². The van der Waals surface area contributed by atoms with Gasteiger partial charge in [0.05, 0.1) is 13.2 Å². The number of nitrogens with one attached hydrogen (secondary N) is 1. The second kappa shape index (κ2) is 9.48. The van der Waals surface area contributed by atoms with Crippen molar-refractivity contribution in [2.24, 2.45) is 23.2 Å². The van der Waals surface area contributed by atoms with Crippen molar-refractivity contribution in [1.29, 1.82) is 0 Å². The molecule has 1 aliphatic heterocycles. The Morgan fingerprint density at radius 2 is 2.00 bits per heavy atom. The van der Waals surface area contributed by atoms with Crippen molar-refractivity contribution in [2.75, 3.05) is 26.3 Å². The molecule has 0 radical (unpaired) electrons. The van der Waals surface area contributed by atoms with Crippen molar-refractivity contribution in [3.8, 4) is 0 Å². The first-order valence-electron chi connectivity index (χ1n) is 12.0. The molecule has 2 saturated carbocycles. The van der Waals surface area contributed by atoms with E-state index in [-0.39, 0.29) is 11.2 Å². The molecule has 0 bridgehead atoms. The number of alkyl halides is 1. The van der Waals surface area contributed by atoms with Crippen LogP contribution < -0.4 is 5.32 Å². The Bertz CT molecular complexity index is 714. The molecule has 0 amide bonds. The van der Waals surface area contributed by atoms with Crippen LogP contribution in [0, 0.1) is 23.2 Å². The van der Waals surface area contributed by atoms with Crippen LogP contribution in [-0.4, -0.2) is 38.3 Å². The number of carbonyl (C=O) groups excluding carboxylic acids is 1. The Hall–Kier alpha value is -1.26. The average Bonchev–Trinajstić information content (AvgIpc) is 3.42. The van der Waals surface area contributed by atoms with Crippen molar-refractivity contribution < 1.29 is 13.9 Å². The van der Waals surface area contributed by atoms with E-state index >= 15 is 0 Å². The van der Waals surface area contributed by atoms with Gasteiger partial charge in [-0.1, -0.05) is 44.5 Å². The third-order valence-corrected chi connectivity index (χ3v) is 8.08. The predicted octanol–water partition coefficient (Wildman–Crippen LogP) is 5.54. The van der Waals surface area contributed by atoms with Gasteiger partial charge in [0, 0.05) is 18.7 Å². The van der Waals surface area contributed by atoms with Crippen LogP contribution in [0.4, 0.5) is 4.39 Å². The van der Waals surface area contributed by atoms with Gasteiger partial charge in [0.2, 0.25) is 0 Å². The summed E-state index contributed by atoms with van der Waals surface area (Å²) in [5, 5.41) is 3.31. The number of ketones is 1. The molecule has 4 heteroatoms. The van der Waals surface area contributed by atoms with Crippen LogP contribution in [0.5, 0.6) is 0 Å². The lowest BCUT2D eigenvalue weighted by molar-refractivity contribution is 0.0547. The monoisotopic (exact) mass is 415 g/mol. The summed E-state index contributed by atoms with van der Waals surface area (Å²) in [4.78, 5) is 12.5. The van der Waals surface area contributed by atoms with Crippen LogP contribution in [0.1, 0.15) is 80.6 Å². The summed E-state index contributed by atoms with van der Waals surface area (Å²) in [5.41, 5.74) is 2.30. The minimum atomic E-state index is -0.587. The number of carbonyl (C=O) groups is 1. The van der Waals surface area contributed by atoms with Crippen LogP contribution in [0.2, 0.25) is 0 Å². The van der Waals surface area contributed by atoms with E-state index in [4.69, 9.17) is 4.74 Å². The number of Topliss-reactive ketones (excluding diaryl/α,β-unsaturated/α-hetero) is 1. The van der Waals surface area contributed by atoms with E-state index in [1.54, 1.807) is 0 Å². The predicted molar refractivity (Wildman–Crippen MR) is 119 cm³/mol. The van der Waals surface area contributed by atoms with E-state index in [2.05, 4.69) is 31.3 Å². The SMILES string of the molecule is CC(c1ccc(C(=O)CNC[C@@H]2CCCOC2)cc1)C1CCCC(F)C2CC2(C)C1. The van der Waals surface area contributed by atoms with Crippen LogP contribution in [0.25, 0.3) is 0 Å². The van der Waals surface area contributed by atoms with Crippen molar-refractivity contribution in [3.63, 3.8) is 0 Å². The van der Waals surface area contributed by atoms with Gasteiger partial charge < -0.3 is 10.1 Å². The lowest BCUT2D eigenvalue weighted by Crippen LogP contribution is -2.32. The summed E-state index contributed by atoms with van der Waals surface area (Å²) in [6, 6.07) is 8.25. The number of fused-ring (bicyclic) bond motifs is 1. The van der Waals surface area contributed by atoms with Crippen molar-refractivity contribution in [2.45, 2.75) is 70.9 Å². The molecule has 3 aliphatic rings. The maximum absolute atomic E-state index is 14.2. The molecule has 1 heterocycles. The standard InChI is InChI=1S/C26H38FNO2/c1-18(22-6-3-7-24(27)23-14-26(23,2)13-22)20-8-10-21(11-9-20)25(29)16-28-15-19-5-4-12-30-17-19/h8-11,18-19,22-24,28H,3-7,12-17H2,1-2H3/t18?,19-,22?,23?,24?,26?/m0/s1. The molecule has 3 nitrogen and oxygen atoms in total. The number of halogens is 1. The third-order valence-electron chi connectivity index (χ3n) is 8.08. The Labute approximate surface area is 181 Å². The van der Waals surface area contributed by atoms with Gasteiger partial charge in [-0.25, -0.2) is 4.39 Å². The summed E-state index contributed by atoms with van der Waals surface area (Å²) in [5.74, 6) is 2.03. The summed E-state index contributed by atoms with van der Waals surface area (Å²) in [6.07, 6.45) is 6.75. The van der Waals surface area contributed by atoms with Gasteiger partial charge in [-0.15, -0.1) is 0 Å². The van der Waals surface area contributed by atoms with Gasteiger partial charge in [-0.05, 0) is 73.2 Å². The van der Waals surface area contributed by atoms with Gasteiger partial charge >= 0.3 is 0 Å². The molecule has 4 rings (SSSR count). The molecule has 30 heavy (non-hydrogen) atoms. The van der Waals surface area contributed by atoms with E-state index in [0.717, 1.165) is 63.8 Å². The highest BCUT2D eigenvalue weighted by Gasteiger charge is 2.55. The van der Waals surface area contributed by atoms with Crippen LogP contribution in [0.3, 0.4) is 0 Å². The summed E-state index contributed by atoms with van der Waals surface area (Å²) < 4.78 is 19.7. The molecule has 1 aromatic rings. The molecular formula is C26H38FNO2. The highest BCUT2D eigenvalue weighted by molar-refractivity contribution is 5.97. The zero-order valence-corrected chi connectivity index (χ0v) is 18.7. The lowest BCUT2D eigenvalue weighted by atomic mass is 9.75. The molecule has 1 N–H and O–H groups in total. The highest BCUT2D eigenvalue weighted by atomic mass is 19.1. The van der Waals surface area contributed by atoms with Crippen molar-refractivity contribution in [3.05, 3.63) is 35.4 Å². The van der Waals surface area contributed by atoms with Crippen LogP contribution in [0.15, 0.2) is 24.3 Å². The molecule has 3 fully saturated rings. The van der Waals surface area contributed by atoms with Crippen LogP contribution >= 0.6 is 0 Å². The molecule has 1 aromatic carbocycles. The van der Waals surface area contributed by atoms with Crippen molar-refractivity contribution >= 4 is 5.78 Å². The second-order valence-electron chi connectivity index (χ2n) is 10.4. The first-order chi connectivity index (χ1) is 14.5. The normalized spacial score (nSPS) is 35.0. The second-order valence-corrected chi connectivity index (χ2v) is 10.4. The molecule has 1 saturated heterocycles. The molecule has 0 aromatic heterocycles. The Morgan fingerprint density at radius 1 is 1.20 bits per heavy atom. The van der Waals surface area contributed by atoms with Gasteiger partial charge in [0.1, 0.15) is 6.17 Å². The fourth-order valence-corrected chi connectivity index (χ4v) is 5.85. The largest absolute Gasteiger partial charge is 0.381 e. The minimum absolute atomic E-state index is 0.152. The van der Waals surface area contributed by atoms with E-state index in [1.165, 1.54) is 12.0 Å². The summed E-state index contributed by atoms with van der Waals surface area (Å²) in [7, 11) is 0. The fraction of sp³-hybridized carbons (Fsp3) is 0.731. The van der Waals surface area contributed by atoms with E-state index < -0.39 is 6.17 Å². The smallest absolute Gasteiger partial charge is 0.176 e. The maximum Gasteiger partial charge on any atom is 0.176 e. The topological polar surface area (TPSA) is 38.3 Å². The molecular weight excluding hydrogens is 377 g/mol. The average molecular weight is 416 g/mol. The molecule has 166 valence electrons. The first-order valence-corrected chi connectivity index (χ1v) is 12.0. The van der Waals surface area contributed by atoms with Gasteiger partial charge in [0.15, 0.2) is 5.78 Å². The number of ether oxygens (including phenoxy) is 1. The number of hydrogen-bond acceptors (Lipinski definition) is 3.